The van der Waals surface area contributed by atoms with E-state index in [2.05, 4.69) is 150 Å². The molecule has 0 saturated heterocycles. The van der Waals surface area contributed by atoms with Crippen LogP contribution in [0.4, 0.5) is 17.1 Å². The number of fused-ring (bicyclic) bond motifs is 7. The highest BCUT2D eigenvalue weighted by Gasteiger charge is 2.40. The first kappa shape index (κ1) is 26.4. The van der Waals surface area contributed by atoms with Crippen LogP contribution in [0.15, 0.2) is 158 Å². The fraction of sp³-hybridized carbons (Fsp3) is 0. The second kappa shape index (κ2) is 10.4. The Bertz CT molecular complexity index is 2420. The van der Waals surface area contributed by atoms with Gasteiger partial charge in [-0.15, -0.1) is 11.3 Å². The van der Waals surface area contributed by atoms with Crippen molar-refractivity contribution in [3.63, 3.8) is 0 Å². The van der Waals surface area contributed by atoms with E-state index in [4.69, 9.17) is 9.47 Å². The number of nitrogens with zero attached hydrogens (tertiary/aromatic N) is 1. The third kappa shape index (κ3) is 4.07. The number of rotatable bonds is 4. The summed E-state index contributed by atoms with van der Waals surface area (Å²) in [5.74, 6) is 3.40. The molecule has 1 aromatic heterocycles. The van der Waals surface area contributed by atoms with Crippen LogP contribution in [0, 0.1) is 0 Å². The molecule has 0 N–H and O–H groups in total. The molecule has 0 bridgehead atoms. The monoisotopic (exact) mass is 619 g/mol. The first-order valence-electron chi connectivity index (χ1n) is 15.9. The Kier molecular flexibility index (Phi) is 5.84. The van der Waals surface area contributed by atoms with Crippen LogP contribution in [-0.2, 0) is 0 Å². The second-order valence-corrected chi connectivity index (χ2v) is 13.1. The molecule has 0 spiro atoms. The summed E-state index contributed by atoms with van der Waals surface area (Å²) < 4.78 is 16.0. The molecule has 7 aromatic carbocycles. The van der Waals surface area contributed by atoms with Gasteiger partial charge in [-0.25, -0.2) is 0 Å². The van der Waals surface area contributed by atoms with E-state index in [0.29, 0.717) is 0 Å². The molecule has 0 radical (unpaired) electrons. The van der Waals surface area contributed by atoms with Gasteiger partial charge in [-0.3, -0.25) is 0 Å². The van der Waals surface area contributed by atoms with Gasteiger partial charge < -0.3 is 14.4 Å². The van der Waals surface area contributed by atoms with E-state index in [-0.39, 0.29) is 6.71 Å². The Balaban J connectivity index is 1.26. The summed E-state index contributed by atoms with van der Waals surface area (Å²) >= 11 is 1.85. The van der Waals surface area contributed by atoms with Crippen LogP contribution in [0.2, 0.25) is 0 Å². The van der Waals surface area contributed by atoms with Gasteiger partial charge in [0.05, 0.1) is 11.4 Å². The molecule has 0 amide bonds. The van der Waals surface area contributed by atoms with Gasteiger partial charge in [0.1, 0.15) is 23.0 Å². The smallest absolute Gasteiger partial charge is 0.260 e. The van der Waals surface area contributed by atoms with Gasteiger partial charge in [0.2, 0.25) is 0 Å². The van der Waals surface area contributed by atoms with Gasteiger partial charge in [0.15, 0.2) is 0 Å². The first-order chi connectivity index (χ1) is 23.3. The maximum atomic E-state index is 6.72. The molecule has 3 nitrogen and oxygen atoms in total. The van der Waals surface area contributed by atoms with Gasteiger partial charge in [-0.2, -0.15) is 0 Å². The summed E-state index contributed by atoms with van der Waals surface area (Å²) in [5.41, 5.74) is 8.89. The van der Waals surface area contributed by atoms with E-state index in [1.165, 1.54) is 31.3 Å². The fourth-order valence-corrected chi connectivity index (χ4v) is 8.63. The lowest BCUT2D eigenvalue weighted by molar-refractivity contribution is 0.465. The fourth-order valence-electron chi connectivity index (χ4n) is 7.36. The minimum absolute atomic E-state index is 0.0314. The Morgan fingerprint density at radius 1 is 0.489 bits per heavy atom. The summed E-state index contributed by atoms with van der Waals surface area (Å²) in [6.07, 6.45) is 0. The zero-order valence-electron chi connectivity index (χ0n) is 25.3. The predicted octanol–water partition coefficient (Wildman–Crippen LogP) is 9.92. The average Bonchev–Trinajstić information content (AvgIpc) is 3.51. The Hall–Kier alpha value is -5.78. The Morgan fingerprint density at radius 3 is 1.79 bits per heavy atom. The van der Waals surface area contributed by atoms with Crippen LogP contribution in [0.3, 0.4) is 0 Å². The molecule has 0 fully saturated rings. The highest BCUT2D eigenvalue weighted by atomic mass is 32.1. The number of hydrogen-bond donors (Lipinski definition) is 0. The number of anilines is 3. The quantitative estimate of drug-likeness (QED) is 0.183. The van der Waals surface area contributed by atoms with Crippen molar-refractivity contribution in [3.05, 3.63) is 158 Å². The highest BCUT2D eigenvalue weighted by Crippen LogP contribution is 2.49. The largest absolute Gasteiger partial charge is 0.458 e. The molecule has 0 aliphatic carbocycles. The molecule has 0 atom stereocenters. The zero-order valence-corrected chi connectivity index (χ0v) is 26.1. The normalized spacial score (nSPS) is 12.6. The molecule has 2 aliphatic rings. The van der Waals surface area contributed by atoms with Crippen LogP contribution >= 0.6 is 11.3 Å². The topological polar surface area (TPSA) is 21.7 Å². The zero-order chi connectivity index (χ0) is 30.9. The summed E-state index contributed by atoms with van der Waals surface area (Å²) in [7, 11) is 0. The molecule has 2 aliphatic heterocycles. The highest BCUT2D eigenvalue weighted by molar-refractivity contribution is 7.26. The van der Waals surface area contributed by atoms with Crippen molar-refractivity contribution in [3.8, 4) is 34.1 Å². The minimum atomic E-state index is 0.0314. The van der Waals surface area contributed by atoms with E-state index in [9.17, 15) is 0 Å². The number of benzene rings is 7. The van der Waals surface area contributed by atoms with Crippen LogP contribution in [0.5, 0.6) is 23.0 Å². The van der Waals surface area contributed by atoms with E-state index in [1.54, 1.807) is 0 Å². The van der Waals surface area contributed by atoms with Crippen LogP contribution in [0.1, 0.15) is 0 Å². The number of ether oxygens (including phenoxy) is 2. The van der Waals surface area contributed by atoms with Crippen LogP contribution < -0.4 is 30.8 Å². The van der Waals surface area contributed by atoms with Gasteiger partial charge in [-0.1, -0.05) is 109 Å². The molecular formula is C42H26BNO2S. The molecule has 5 heteroatoms. The molecule has 10 rings (SSSR count). The van der Waals surface area contributed by atoms with Crippen LogP contribution in [-0.4, -0.2) is 6.71 Å². The summed E-state index contributed by atoms with van der Waals surface area (Å²) in [5, 5.41) is 2.55. The summed E-state index contributed by atoms with van der Waals surface area (Å²) in [4.78, 5) is 2.35. The maximum absolute atomic E-state index is 6.72. The number of thiophene rings is 1. The van der Waals surface area contributed by atoms with Gasteiger partial charge >= 0.3 is 0 Å². The van der Waals surface area contributed by atoms with Crippen molar-refractivity contribution in [1.82, 2.24) is 0 Å². The lowest BCUT2D eigenvalue weighted by Crippen LogP contribution is -2.57. The molecule has 0 saturated carbocycles. The lowest BCUT2D eigenvalue weighted by atomic mass is 9.35. The molecule has 0 unspecified atom stereocenters. The second-order valence-electron chi connectivity index (χ2n) is 12.0. The summed E-state index contributed by atoms with van der Waals surface area (Å²) in [6.45, 7) is 0.0314. The van der Waals surface area contributed by atoms with E-state index >= 15 is 0 Å². The van der Waals surface area contributed by atoms with Crippen LogP contribution in [0.25, 0.3) is 31.3 Å². The van der Waals surface area contributed by atoms with E-state index < -0.39 is 0 Å². The van der Waals surface area contributed by atoms with Crippen molar-refractivity contribution < 1.29 is 9.47 Å². The van der Waals surface area contributed by atoms with Crippen molar-refractivity contribution >= 4 is 71.7 Å². The van der Waals surface area contributed by atoms with Crippen molar-refractivity contribution in [2.45, 2.75) is 0 Å². The third-order valence-corrected chi connectivity index (χ3v) is 10.6. The minimum Gasteiger partial charge on any atom is -0.458 e. The molecular weight excluding hydrogens is 593 g/mol. The molecule has 3 heterocycles. The van der Waals surface area contributed by atoms with Gasteiger partial charge in [0.25, 0.3) is 6.71 Å². The van der Waals surface area contributed by atoms with E-state index in [0.717, 1.165) is 56.4 Å². The Labute approximate surface area is 277 Å². The van der Waals surface area contributed by atoms with Crippen molar-refractivity contribution in [1.29, 1.82) is 0 Å². The van der Waals surface area contributed by atoms with Crippen molar-refractivity contribution in [2.24, 2.45) is 0 Å². The van der Waals surface area contributed by atoms with E-state index in [1.807, 2.05) is 23.5 Å². The predicted molar refractivity (Wildman–Crippen MR) is 197 cm³/mol. The molecule has 8 aromatic rings. The summed E-state index contributed by atoms with van der Waals surface area (Å²) in [6, 6.07) is 55.7. The SMILES string of the molecule is c1ccc(-c2c(N(c3ccccc3)c3cc4c5c(c3)Oc3ccccc3B5c3ccccc3O4)ccc3c2sc2ccccc23)cc1. The lowest BCUT2D eigenvalue weighted by Gasteiger charge is -2.35. The molecule has 47 heavy (non-hydrogen) atoms. The Morgan fingerprint density at radius 2 is 1.09 bits per heavy atom. The van der Waals surface area contributed by atoms with Gasteiger partial charge in [-0.05, 0) is 52.9 Å². The first-order valence-corrected chi connectivity index (χ1v) is 16.7. The standard InChI is InChI=1S/C42H26BNO2S/c1-3-13-27(14-4-1)40-34(24-23-31-30-17-7-12-22-39(30)47-42(31)40)44(28-15-5-2-6-16-28)29-25-37-41-38(26-29)46-36-21-11-9-19-33(36)43(41)32-18-8-10-20-35(32)45-37/h1-26H. The maximum Gasteiger partial charge on any atom is 0.260 e. The number of hydrogen-bond acceptors (Lipinski definition) is 4. The molecule has 220 valence electrons. The van der Waals surface area contributed by atoms with Crippen molar-refractivity contribution in [2.75, 3.05) is 4.90 Å². The van der Waals surface area contributed by atoms with Gasteiger partial charge in [0, 0.05) is 49.0 Å². The number of para-hydroxylation sites is 3. The average molecular weight is 620 g/mol. The third-order valence-electron chi connectivity index (χ3n) is 9.38.